The highest BCUT2D eigenvalue weighted by molar-refractivity contribution is 5.32. The van der Waals surface area contributed by atoms with E-state index in [1.165, 1.54) is 12.0 Å². The van der Waals surface area contributed by atoms with Gasteiger partial charge in [-0.3, -0.25) is 0 Å². The van der Waals surface area contributed by atoms with Gasteiger partial charge in [-0.25, -0.2) is 0 Å². The maximum Gasteiger partial charge on any atom is 0.127 e. The van der Waals surface area contributed by atoms with Crippen LogP contribution in [0.1, 0.15) is 46.6 Å². The van der Waals surface area contributed by atoms with Crippen LogP contribution in [-0.2, 0) is 6.54 Å². The second-order valence-electron chi connectivity index (χ2n) is 6.95. The van der Waals surface area contributed by atoms with E-state index in [1.807, 2.05) is 12.1 Å². The second-order valence-corrected chi connectivity index (χ2v) is 6.95. The number of para-hydroxylation sites is 1. The first kappa shape index (κ1) is 15.0. The highest BCUT2D eigenvalue weighted by atomic mass is 16.5. The predicted molar refractivity (Wildman–Crippen MR) is 76.8 cm³/mol. The van der Waals surface area contributed by atoms with Crippen LogP contribution >= 0.6 is 0 Å². The van der Waals surface area contributed by atoms with Crippen LogP contribution in [0, 0.1) is 5.41 Å². The van der Waals surface area contributed by atoms with E-state index in [1.54, 1.807) is 7.11 Å². The summed E-state index contributed by atoms with van der Waals surface area (Å²) in [6.07, 6.45) is 1.19. The van der Waals surface area contributed by atoms with Gasteiger partial charge in [-0.15, -0.1) is 0 Å². The maximum absolute atomic E-state index is 5.39. The van der Waals surface area contributed by atoms with Crippen molar-refractivity contribution in [1.82, 2.24) is 0 Å². The van der Waals surface area contributed by atoms with E-state index in [2.05, 4.69) is 52.1 Å². The van der Waals surface area contributed by atoms with Crippen LogP contribution in [0.15, 0.2) is 24.3 Å². The summed E-state index contributed by atoms with van der Waals surface area (Å²) in [4.78, 5) is 0. The number of hydrogen-bond donors (Lipinski definition) is 1. The number of nitrogens with two attached hydrogens (primary N) is 1. The lowest BCUT2D eigenvalue weighted by molar-refractivity contribution is -0.737. The molecule has 2 N–H and O–H groups in total. The molecule has 0 radical (unpaired) electrons. The van der Waals surface area contributed by atoms with Crippen LogP contribution in [0.5, 0.6) is 5.75 Å². The van der Waals surface area contributed by atoms with Crippen molar-refractivity contribution in [2.45, 2.75) is 53.1 Å². The zero-order valence-electron chi connectivity index (χ0n) is 12.7. The Bertz CT molecular complexity index is 377. The summed E-state index contributed by atoms with van der Waals surface area (Å²) in [6.45, 7) is 12.5. The van der Waals surface area contributed by atoms with Gasteiger partial charge in [0.2, 0.25) is 0 Å². The van der Waals surface area contributed by atoms with Crippen molar-refractivity contribution < 1.29 is 10.1 Å². The molecule has 0 aliphatic heterocycles. The normalized spacial score (nSPS) is 12.6. The van der Waals surface area contributed by atoms with Crippen LogP contribution in [0.3, 0.4) is 0 Å². The van der Waals surface area contributed by atoms with Gasteiger partial charge in [0.25, 0.3) is 0 Å². The van der Waals surface area contributed by atoms with Gasteiger partial charge in [-0.2, -0.15) is 0 Å². The lowest BCUT2D eigenvalue weighted by Gasteiger charge is -2.30. The van der Waals surface area contributed by atoms with E-state index < -0.39 is 0 Å². The zero-order valence-corrected chi connectivity index (χ0v) is 12.7. The monoisotopic (exact) mass is 250 g/mol. The van der Waals surface area contributed by atoms with Crippen LogP contribution in [-0.4, -0.2) is 12.6 Å². The molecule has 0 bridgehead atoms. The van der Waals surface area contributed by atoms with Crippen molar-refractivity contribution in [2.75, 3.05) is 7.11 Å². The molecule has 0 fully saturated rings. The summed E-state index contributed by atoms with van der Waals surface area (Å²) in [5.74, 6) is 0.986. The largest absolute Gasteiger partial charge is 0.496 e. The molecule has 1 aromatic rings. The first-order valence-corrected chi connectivity index (χ1v) is 6.70. The van der Waals surface area contributed by atoms with Crippen molar-refractivity contribution in [3.8, 4) is 5.75 Å². The molecule has 2 nitrogen and oxygen atoms in total. The fourth-order valence-corrected chi connectivity index (χ4v) is 2.70. The van der Waals surface area contributed by atoms with Crippen LogP contribution in [0.2, 0.25) is 0 Å². The molecule has 0 aliphatic carbocycles. The third-order valence-corrected chi connectivity index (χ3v) is 3.05. The first-order valence-electron chi connectivity index (χ1n) is 6.70. The predicted octanol–water partition coefficient (Wildman–Crippen LogP) is 2.97. The van der Waals surface area contributed by atoms with Gasteiger partial charge < -0.3 is 10.1 Å². The fraction of sp³-hybridized carbons (Fsp3) is 0.625. The van der Waals surface area contributed by atoms with Crippen molar-refractivity contribution in [3.05, 3.63) is 29.8 Å². The Hall–Kier alpha value is -1.02. The number of hydrogen-bond acceptors (Lipinski definition) is 1. The van der Waals surface area contributed by atoms with Gasteiger partial charge in [0.1, 0.15) is 12.3 Å². The lowest BCUT2D eigenvalue weighted by atomic mass is 9.82. The number of rotatable bonds is 5. The fourth-order valence-electron chi connectivity index (χ4n) is 2.70. The molecule has 1 rings (SSSR count). The Morgan fingerprint density at radius 1 is 1.06 bits per heavy atom. The molecule has 0 heterocycles. The molecule has 0 saturated heterocycles. The van der Waals surface area contributed by atoms with E-state index in [0.717, 1.165) is 12.3 Å². The minimum absolute atomic E-state index is 0.249. The second kappa shape index (κ2) is 5.75. The summed E-state index contributed by atoms with van der Waals surface area (Å²) in [6, 6.07) is 8.26. The van der Waals surface area contributed by atoms with Gasteiger partial charge in [0, 0.05) is 12.0 Å². The SMILES string of the molecule is COc1ccccc1C[NH2+]C(C)(C)CC(C)(C)C. The van der Waals surface area contributed by atoms with Crippen molar-refractivity contribution >= 4 is 0 Å². The van der Waals surface area contributed by atoms with Crippen molar-refractivity contribution in [2.24, 2.45) is 5.41 Å². The average molecular weight is 250 g/mol. The molecule has 0 aliphatic rings. The molecular weight excluding hydrogens is 222 g/mol. The average Bonchev–Trinajstić information content (AvgIpc) is 2.23. The minimum Gasteiger partial charge on any atom is -0.496 e. The van der Waals surface area contributed by atoms with E-state index >= 15 is 0 Å². The van der Waals surface area contributed by atoms with Crippen molar-refractivity contribution in [1.29, 1.82) is 0 Å². The standard InChI is InChI=1S/C16H27NO/c1-15(2,3)12-16(4,5)17-11-13-9-7-8-10-14(13)18-6/h7-10,17H,11-12H2,1-6H3/p+1. The smallest absolute Gasteiger partial charge is 0.127 e. The summed E-state index contributed by atoms with van der Waals surface area (Å²) >= 11 is 0. The maximum atomic E-state index is 5.39. The highest BCUT2D eigenvalue weighted by Crippen LogP contribution is 2.24. The van der Waals surface area contributed by atoms with Crippen LogP contribution < -0.4 is 10.1 Å². The quantitative estimate of drug-likeness (QED) is 0.854. The summed E-state index contributed by atoms with van der Waals surface area (Å²) in [5.41, 5.74) is 1.88. The number of benzene rings is 1. The molecule has 0 aromatic heterocycles. The molecule has 0 unspecified atom stereocenters. The molecule has 0 spiro atoms. The Balaban J connectivity index is 2.64. The summed E-state index contributed by atoms with van der Waals surface area (Å²) in [7, 11) is 1.74. The Kier molecular flexibility index (Phi) is 4.80. The molecule has 102 valence electrons. The highest BCUT2D eigenvalue weighted by Gasteiger charge is 2.28. The molecule has 0 atom stereocenters. The van der Waals surface area contributed by atoms with Crippen molar-refractivity contribution in [3.63, 3.8) is 0 Å². The molecular formula is C16H28NO+. The van der Waals surface area contributed by atoms with E-state index in [4.69, 9.17) is 4.74 Å². The number of quaternary nitrogens is 1. The van der Waals surface area contributed by atoms with Crippen LogP contribution in [0.25, 0.3) is 0 Å². The van der Waals surface area contributed by atoms with E-state index in [0.29, 0.717) is 5.41 Å². The van der Waals surface area contributed by atoms with Gasteiger partial charge in [-0.05, 0) is 31.4 Å². The first-order chi connectivity index (χ1) is 8.23. The Morgan fingerprint density at radius 3 is 2.22 bits per heavy atom. The van der Waals surface area contributed by atoms with Gasteiger partial charge >= 0.3 is 0 Å². The topological polar surface area (TPSA) is 25.8 Å². The third kappa shape index (κ3) is 5.09. The molecule has 0 saturated carbocycles. The lowest BCUT2D eigenvalue weighted by Crippen LogP contribution is -2.94. The van der Waals surface area contributed by atoms with Crippen LogP contribution in [0.4, 0.5) is 0 Å². The Labute approximate surface area is 112 Å². The Morgan fingerprint density at radius 2 is 1.67 bits per heavy atom. The third-order valence-electron chi connectivity index (χ3n) is 3.05. The molecule has 18 heavy (non-hydrogen) atoms. The number of ether oxygens (including phenoxy) is 1. The summed E-state index contributed by atoms with van der Waals surface area (Å²) in [5, 5.41) is 2.41. The zero-order chi connectivity index (χ0) is 13.8. The van der Waals surface area contributed by atoms with Gasteiger partial charge in [-0.1, -0.05) is 32.9 Å². The molecule has 0 amide bonds. The number of methoxy groups -OCH3 is 1. The van der Waals surface area contributed by atoms with E-state index in [-0.39, 0.29) is 5.54 Å². The van der Waals surface area contributed by atoms with Gasteiger partial charge in [0.05, 0.1) is 12.6 Å². The van der Waals surface area contributed by atoms with E-state index in [9.17, 15) is 0 Å². The molecule has 2 heteroatoms. The molecule has 1 aromatic carbocycles. The minimum atomic E-state index is 0.249. The summed E-state index contributed by atoms with van der Waals surface area (Å²) < 4.78 is 5.39. The van der Waals surface area contributed by atoms with Gasteiger partial charge in [0.15, 0.2) is 0 Å².